The molecule has 1 saturated carbocycles. The summed E-state index contributed by atoms with van der Waals surface area (Å²) in [6, 6.07) is 3.90. The zero-order valence-corrected chi connectivity index (χ0v) is 9.20. The van der Waals surface area contributed by atoms with Gasteiger partial charge in [0.1, 0.15) is 5.69 Å². The van der Waals surface area contributed by atoms with E-state index in [0.717, 1.165) is 12.0 Å². The second kappa shape index (κ2) is 4.56. The van der Waals surface area contributed by atoms with Crippen LogP contribution in [0.3, 0.4) is 0 Å². The maximum Gasteiger partial charge on any atom is 0.181 e. The second-order valence-corrected chi connectivity index (χ2v) is 4.29. The Morgan fingerprint density at radius 1 is 1.53 bits per heavy atom. The molecule has 0 spiro atoms. The van der Waals surface area contributed by atoms with E-state index in [1.807, 2.05) is 12.1 Å². The molecule has 1 fully saturated rings. The Morgan fingerprint density at radius 3 is 2.93 bits per heavy atom. The third-order valence-corrected chi connectivity index (χ3v) is 3.24. The van der Waals surface area contributed by atoms with Crippen LogP contribution in [0.5, 0.6) is 0 Å². The van der Waals surface area contributed by atoms with Gasteiger partial charge in [0.05, 0.1) is 0 Å². The van der Waals surface area contributed by atoms with Crippen molar-refractivity contribution in [1.82, 2.24) is 4.98 Å². The monoisotopic (exact) mass is 203 g/mol. The lowest BCUT2D eigenvalue weighted by Gasteiger charge is -2.24. The van der Waals surface area contributed by atoms with Crippen molar-refractivity contribution in [3.05, 3.63) is 29.6 Å². The molecule has 0 unspecified atom stereocenters. The highest BCUT2D eigenvalue weighted by Gasteiger charge is 2.22. The van der Waals surface area contributed by atoms with Gasteiger partial charge in [0.15, 0.2) is 5.78 Å². The Bertz CT molecular complexity index is 355. The largest absolute Gasteiger partial charge is 0.292 e. The smallest absolute Gasteiger partial charge is 0.181 e. The van der Waals surface area contributed by atoms with E-state index in [1.165, 1.54) is 19.3 Å². The summed E-state index contributed by atoms with van der Waals surface area (Å²) in [5, 5.41) is 0. The van der Waals surface area contributed by atoms with Crippen LogP contribution in [0.25, 0.3) is 0 Å². The maximum atomic E-state index is 12.0. The van der Waals surface area contributed by atoms with Crippen molar-refractivity contribution in [2.24, 2.45) is 5.92 Å². The van der Waals surface area contributed by atoms with Crippen LogP contribution in [0.4, 0.5) is 0 Å². The molecule has 15 heavy (non-hydrogen) atoms. The molecule has 0 radical (unpaired) electrons. The van der Waals surface area contributed by atoms with Gasteiger partial charge in [-0.1, -0.05) is 32.3 Å². The van der Waals surface area contributed by atoms with Crippen LogP contribution in [-0.2, 0) is 6.42 Å². The predicted octanol–water partition coefficient (Wildman–Crippen LogP) is 3.02. The molecule has 80 valence electrons. The first kappa shape index (κ1) is 10.3. The summed E-state index contributed by atoms with van der Waals surface area (Å²) in [6.45, 7) is 2.07. The van der Waals surface area contributed by atoms with Gasteiger partial charge in [0.2, 0.25) is 0 Å². The lowest BCUT2D eigenvalue weighted by atomic mass is 9.81. The highest BCUT2D eigenvalue weighted by Crippen LogP contribution is 2.30. The first-order valence-electron chi connectivity index (χ1n) is 5.78. The normalized spacial score (nSPS) is 16.1. The third-order valence-electron chi connectivity index (χ3n) is 3.24. The number of aryl methyl sites for hydroxylation is 1. The lowest BCUT2D eigenvalue weighted by Crippen LogP contribution is -2.17. The lowest BCUT2D eigenvalue weighted by molar-refractivity contribution is 0.0930. The van der Waals surface area contributed by atoms with Gasteiger partial charge in [-0.05, 0) is 24.0 Å². The number of pyridine rings is 1. The summed E-state index contributed by atoms with van der Waals surface area (Å²) >= 11 is 0. The number of hydrogen-bond acceptors (Lipinski definition) is 2. The van der Waals surface area contributed by atoms with Gasteiger partial charge >= 0.3 is 0 Å². The SMILES string of the molecule is CCc1cccnc1C(=O)CC1CCC1. The summed E-state index contributed by atoms with van der Waals surface area (Å²) in [6.07, 6.45) is 7.04. The number of aromatic nitrogens is 1. The summed E-state index contributed by atoms with van der Waals surface area (Å²) in [5.74, 6) is 0.862. The standard InChI is InChI=1S/C13H17NO/c1-2-11-7-4-8-14-13(11)12(15)9-10-5-3-6-10/h4,7-8,10H,2-3,5-6,9H2,1H3. The topological polar surface area (TPSA) is 30.0 Å². The number of rotatable bonds is 4. The van der Waals surface area contributed by atoms with Crippen molar-refractivity contribution >= 4 is 5.78 Å². The minimum Gasteiger partial charge on any atom is -0.292 e. The molecule has 2 rings (SSSR count). The van der Waals surface area contributed by atoms with Gasteiger partial charge in [0, 0.05) is 12.6 Å². The summed E-state index contributed by atoms with van der Waals surface area (Å²) in [4.78, 5) is 16.2. The van der Waals surface area contributed by atoms with Gasteiger partial charge in [-0.3, -0.25) is 9.78 Å². The number of ketones is 1. The Morgan fingerprint density at radius 2 is 2.33 bits per heavy atom. The minimum absolute atomic E-state index is 0.233. The maximum absolute atomic E-state index is 12.0. The number of nitrogens with zero attached hydrogens (tertiary/aromatic N) is 1. The van der Waals surface area contributed by atoms with Crippen LogP contribution in [0, 0.1) is 5.92 Å². The summed E-state index contributed by atoms with van der Waals surface area (Å²) in [7, 11) is 0. The van der Waals surface area contributed by atoms with E-state index < -0.39 is 0 Å². The van der Waals surface area contributed by atoms with Crippen LogP contribution in [0.1, 0.15) is 48.7 Å². The van der Waals surface area contributed by atoms with Crippen molar-refractivity contribution in [2.75, 3.05) is 0 Å². The molecule has 1 heterocycles. The van der Waals surface area contributed by atoms with E-state index in [1.54, 1.807) is 6.20 Å². The Hall–Kier alpha value is -1.18. The first-order chi connectivity index (χ1) is 7.31. The van der Waals surface area contributed by atoms with Crippen molar-refractivity contribution < 1.29 is 4.79 Å². The Kier molecular flexibility index (Phi) is 3.14. The summed E-state index contributed by atoms with van der Waals surface area (Å²) < 4.78 is 0. The van der Waals surface area contributed by atoms with Crippen LogP contribution in [0.2, 0.25) is 0 Å². The molecule has 0 amide bonds. The molecule has 0 N–H and O–H groups in total. The van der Waals surface area contributed by atoms with Crippen molar-refractivity contribution in [3.63, 3.8) is 0 Å². The predicted molar refractivity (Wildman–Crippen MR) is 59.9 cm³/mol. The highest BCUT2D eigenvalue weighted by molar-refractivity contribution is 5.95. The molecule has 2 nitrogen and oxygen atoms in total. The zero-order valence-electron chi connectivity index (χ0n) is 9.20. The van der Waals surface area contributed by atoms with E-state index in [-0.39, 0.29) is 5.78 Å². The minimum atomic E-state index is 0.233. The van der Waals surface area contributed by atoms with Gasteiger partial charge in [-0.15, -0.1) is 0 Å². The fourth-order valence-corrected chi connectivity index (χ4v) is 2.03. The van der Waals surface area contributed by atoms with E-state index in [9.17, 15) is 4.79 Å². The van der Waals surface area contributed by atoms with Crippen molar-refractivity contribution in [2.45, 2.75) is 39.0 Å². The van der Waals surface area contributed by atoms with E-state index >= 15 is 0 Å². The molecule has 0 saturated heterocycles. The molecule has 2 heteroatoms. The third kappa shape index (κ3) is 2.25. The zero-order chi connectivity index (χ0) is 10.7. The van der Waals surface area contributed by atoms with Gasteiger partial charge in [-0.25, -0.2) is 0 Å². The van der Waals surface area contributed by atoms with Gasteiger partial charge in [0.25, 0.3) is 0 Å². The Balaban J connectivity index is 2.09. The molecule has 0 atom stereocenters. The molecule has 0 aromatic carbocycles. The average Bonchev–Trinajstić information content (AvgIpc) is 2.23. The number of carbonyl (C=O) groups excluding carboxylic acids is 1. The molecule has 1 aromatic heterocycles. The molecule has 1 aromatic rings. The van der Waals surface area contributed by atoms with E-state index in [4.69, 9.17) is 0 Å². The van der Waals surface area contributed by atoms with Gasteiger partial charge in [-0.2, -0.15) is 0 Å². The molecule has 0 bridgehead atoms. The highest BCUT2D eigenvalue weighted by atomic mass is 16.1. The van der Waals surface area contributed by atoms with Crippen LogP contribution >= 0.6 is 0 Å². The van der Waals surface area contributed by atoms with E-state index in [2.05, 4.69) is 11.9 Å². The molecular formula is C13H17NO. The van der Waals surface area contributed by atoms with E-state index in [0.29, 0.717) is 18.0 Å². The van der Waals surface area contributed by atoms with Crippen molar-refractivity contribution in [3.8, 4) is 0 Å². The fraction of sp³-hybridized carbons (Fsp3) is 0.538. The number of hydrogen-bond donors (Lipinski definition) is 0. The second-order valence-electron chi connectivity index (χ2n) is 4.29. The van der Waals surface area contributed by atoms with Crippen LogP contribution < -0.4 is 0 Å². The van der Waals surface area contributed by atoms with Crippen LogP contribution in [0.15, 0.2) is 18.3 Å². The molecular weight excluding hydrogens is 186 g/mol. The fourth-order valence-electron chi connectivity index (χ4n) is 2.03. The average molecular weight is 203 g/mol. The van der Waals surface area contributed by atoms with Crippen LogP contribution in [-0.4, -0.2) is 10.8 Å². The number of carbonyl (C=O) groups is 1. The quantitative estimate of drug-likeness (QED) is 0.704. The van der Waals surface area contributed by atoms with Crippen molar-refractivity contribution in [1.29, 1.82) is 0 Å². The summed E-state index contributed by atoms with van der Waals surface area (Å²) in [5.41, 5.74) is 1.79. The molecule has 1 aliphatic carbocycles. The number of Topliss-reactive ketones (excluding diaryl/α,β-unsaturated/α-hetero) is 1. The molecule has 1 aliphatic rings. The van der Waals surface area contributed by atoms with Gasteiger partial charge < -0.3 is 0 Å². The molecule has 0 aliphatic heterocycles. The Labute approximate surface area is 90.7 Å². The first-order valence-corrected chi connectivity index (χ1v) is 5.78.